The molecule has 1 saturated carbocycles. The fraction of sp³-hybridized carbons (Fsp3) is 0.471. The van der Waals surface area contributed by atoms with E-state index < -0.39 is 0 Å². The Morgan fingerprint density at radius 3 is 2.88 bits per heavy atom. The van der Waals surface area contributed by atoms with Crippen LogP contribution in [0, 0.1) is 0 Å². The number of hydrogen-bond acceptors (Lipinski definition) is 4. The second kappa shape index (κ2) is 7.70. The largest absolute Gasteiger partial charge is 0.332 e. The van der Waals surface area contributed by atoms with E-state index in [1.165, 1.54) is 6.42 Å². The predicted molar refractivity (Wildman–Crippen MR) is 96.3 cm³/mol. The summed E-state index contributed by atoms with van der Waals surface area (Å²) in [4.78, 5) is 14.2. The third-order valence-electron chi connectivity index (χ3n) is 4.54. The van der Waals surface area contributed by atoms with E-state index in [1.54, 1.807) is 4.68 Å². The molecule has 0 spiro atoms. The molecule has 24 heavy (non-hydrogen) atoms. The number of rotatable bonds is 5. The van der Waals surface area contributed by atoms with Crippen LogP contribution >= 0.6 is 11.8 Å². The van der Waals surface area contributed by atoms with Crippen molar-refractivity contribution in [1.29, 1.82) is 0 Å². The summed E-state index contributed by atoms with van der Waals surface area (Å²) in [5.74, 6) is 0. The molecule has 1 fully saturated rings. The van der Waals surface area contributed by atoms with E-state index in [-0.39, 0.29) is 6.03 Å². The van der Waals surface area contributed by atoms with Gasteiger partial charge in [-0.2, -0.15) is 11.8 Å². The van der Waals surface area contributed by atoms with E-state index in [2.05, 4.69) is 21.9 Å². The van der Waals surface area contributed by atoms with Crippen LogP contribution in [0.15, 0.2) is 36.5 Å². The molecule has 0 saturated heterocycles. The number of carbonyl (C=O) groups excluding carboxylic acids is 1. The zero-order valence-corrected chi connectivity index (χ0v) is 14.9. The minimum absolute atomic E-state index is 0.0454. The first-order valence-electron chi connectivity index (χ1n) is 8.17. The summed E-state index contributed by atoms with van der Waals surface area (Å²) in [7, 11) is 1.88. The minimum atomic E-state index is -0.0454. The van der Waals surface area contributed by atoms with Gasteiger partial charge in [-0.25, -0.2) is 9.48 Å². The molecule has 0 aliphatic heterocycles. The quantitative estimate of drug-likeness (QED) is 0.905. The van der Waals surface area contributed by atoms with E-state index in [0.717, 1.165) is 24.2 Å². The first-order chi connectivity index (χ1) is 11.7. The van der Waals surface area contributed by atoms with Gasteiger partial charge in [-0.15, -0.1) is 5.10 Å². The molecule has 1 heterocycles. The molecule has 1 N–H and O–H groups in total. The lowest BCUT2D eigenvalue weighted by atomic mass is 10.2. The van der Waals surface area contributed by atoms with Crippen LogP contribution < -0.4 is 5.32 Å². The Kier molecular flexibility index (Phi) is 5.40. The highest BCUT2D eigenvalue weighted by Crippen LogP contribution is 2.30. The summed E-state index contributed by atoms with van der Waals surface area (Å²) in [6.07, 6.45) is 7.34. The Hall–Kier alpha value is -2.02. The lowest BCUT2D eigenvalue weighted by Gasteiger charge is -2.24. The van der Waals surface area contributed by atoms with E-state index in [0.29, 0.717) is 17.8 Å². The summed E-state index contributed by atoms with van der Waals surface area (Å²) in [6, 6.07) is 10.1. The van der Waals surface area contributed by atoms with Crippen molar-refractivity contribution < 1.29 is 4.79 Å². The van der Waals surface area contributed by atoms with E-state index >= 15 is 0 Å². The maximum atomic E-state index is 12.3. The highest BCUT2D eigenvalue weighted by atomic mass is 32.2. The maximum absolute atomic E-state index is 12.3. The van der Waals surface area contributed by atoms with Crippen LogP contribution in [0.25, 0.3) is 5.69 Å². The Morgan fingerprint density at radius 1 is 1.38 bits per heavy atom. The molecule has 3 rings (SSSR count). The van der Waals surface area contributed by atoms with Gasteiger partial charge < -0.3 is 10.2 Å². The Balaban J connectivity index is 1.52. The van der Waals surface area contributed by atoms with Gasteiger partial charge in [0, 0.05) is 18.3 Å². The smallest absolute Gasteiger partial charge is 0.317 e. The van der Waals surface area contributed by atoms with Crippen molar-refractivity contribution in [3.8, 4) is 5.69 Å². The molecule has 2 amide bonds. The van der Waals surface area contributed by atoms with Gasteiger partial charge in [0.25, 0.3) is 0 Å². The van der Waals surface area contributed by atoms with Gasteiger partial charge in [0.05, 0.1) is 18.4 Å². The van der Waals surface area contributed by atoms with E-state index in [9.17, 15) is 4.79 Å². The normalized spacial score (nSPS) is 20.1. The molecule has 7 heteroatoms. The third kappa shape index (κ3) is 3.90. The van der Waals surface area contributed by atoms with Crippen molar-refractivity contribution in [2.75, 3.05) is 13.3 Å². The molecule has 1 aliphatic rings. The van der Waals surface area contributed by atoms with Crippen LogP contribution in [0.5, 0.6) is 0 Å². The first-order valence-corrected chi connectivity index (χ1v) is 9.46. The van der Waals surface area contributed by atoms with Gasteiger partial charge in [-0.1, -0.05) is 23.4 Å². The molecule has 1 aromatic carbocycles. The van der Waals surface area contributed by atoms with Crippen LogP contribution in [-0.4, -0.2) is 50.5 Å². The van der Waals surface area contributed by atoms with Crippen LogP contribution in [0.4, 0.5) is 4.79 Å². The van der Waals surface area contributed by atoms with Crippen molar-refractivity contribution in [1.82, 2.24) is 25.2 Å². The topological polar surface area (TPSA) is 63.1 Å². The van der Waals surface area contributed by atoms with Gasteiger partial charge >= 0.3 is 6.03 Å². The summed E-state index contributed by atoms with van der Waals surface area (Å²) < 4.78 is 1.71. The van der Waals surface area contributed by atoms with Crippen LogP contribution in [0.1, 0.15) is 25.0 Å². The molecule has 1 aromatic heterocycles. The fourth-order valence-electron chi connectivity index (χ4n) is 3.03. The number of para-hydroxylation sites is 1. The molecule has 0 unspecified atom stereocenters. The summed E-state index contributed by atoms with van der Waals surface area (Å²) in [5, 5.41) is 11.8. The molecular weight excluding hydrogens is 322 g/mol. The number of amides is 2. The number of thioether (sulfide) groups is 1. The highest BCUT2D eigenvalue weighted by Gasteiger charge is 2.29. The van der Waals surface area contributed by atoms with Gasteiger partial charge in [0.2, 0.25) is 0 Å². The number of benzene rings is 1. The SMILES string of the molecule is CS[C@H]1CC[C@H](N(C)C(=O)NCc2cn(-c3ccccc3)nn2)C1. The zero-order valence-electron chi connectivity index (χ0n) is 14.1. The predicted octanol–water partition coefficient (Wildman–Crippen LogP) is 2.69. The van der Waals surface area contributed by atoms with Gasteiger partial charge in [0.15, 0.2) is 0 Å². The summed E-state index contributed by atoms with van der Waals surface area (Å²) in [6.45, 7) is 0.384. The molecular formula is C17H23N5OS. The summed E-state index contributed by atoms with van der Waals surface area (Å²) in [5.41, 5.74) is 1.70. The monoisotopic (exact) mass is 345 g/mol. The number of urea groups is 1. The average Bonchev–Trinajstić information content (AvgIpc) is 3.29. The second-order valence-corrected chi connectivity index (χ2v) is 7.22. The standard InChI is InChI=1S/C17H23N5OS/c1-21(15-8-9-16(10-15)24-2)17(23)18-11-13-12-22(20-19-13)14-6-4-3-5-7-14/h3-7,12,15-16H,8-11H2,1-2H3,(H,18,23)/t15-,16-/m0/s1. The molecule has 128 valence electrons. The third-order valence-corrected chi connectivity index (χ3v) is 5.64. The maximum Gasteiger partial charge on any atom is 0.317 e. The van der Waals surface area contributed by atoms with Crippen molar-refractivity contribution in [2.45, 2.75) is 37.1 Å². The fourth-order valence-corrected chi connectivity index (χ4v) is 3.81. The molecule has 0 radical (unpaired) electrons. The van der Waals surface area contributed by atoms with Gasteiger partial charge in [0.1, 0.15) is 5.69 Å². The Bertz CT molecular complexity index is 675. The van der Waals surface area contributed by atoms with Crippen molar-refractivity contribution in [3.05, 3.63) is 42.2 Å². The summed E-state index contributed by atoms with van der Waals surface area (Å²) >= 11 is 1.90. The first kappa shape index (κ1) is 16.8. The molecule has 2 atom stereocenters. The van der Waals surface area contributed by atoms with Gasteiger partial charge in [-0.3, -0.25) is 0 Å². The average molecular weight is 345 g/mol. The number of nitrogens with one attached hydrogen (secondary N) is 1. The van der Waals surface area contributed by atoms with E-state index in [1.807, 2.05) is 60.2 Å². The van der Waals surface area contributed by atoms with E-state index in [4.69, 9.17) is 0 Å². The van der Waals surface area contributed by atoms with Crippen molar-refractivity contribution >= 4 is 17.8 Å². The lowest BCUT2D eigenvalue weighted by Crippen LogP contribution is -2.42. The lowest BCUT2D eigenvalue weighted by molar-refractivity contribution is 0.190. The number of carbonyl (C=O) groups is 1. The van der Waals surface area contributed by atoms with Crippen LogP contribution in [-0.2, 0) is 6.54 Å². The van der Waals surface area contributed by atoms with Crippen molar-refractivity contribution in [2.24, 2.45) is 0 Å². The Labute approximate surface area is 146 Å². The Morgan fingerprint density at radius 2 is 2.17 bits per heavy atom. The van der Waals surface area contributed by atoms with Crippen molar-refractivity contribution in [3.63, 3.8) is 0 Å². The van der Waals surface area contributed by atoms with Crippen LogP contribution in [0.2, 0.25) is 0 Å². The molecule has 6 nitrogen and oxygen atoms in total. The molecule has 0 bridgehead atoms. The van der Waals surface area contributed by atoms with Crippen LogP contribution in [0.3, 0.4) is 0 Å². The minimum Gasteiger partial charge on any atom is -0.332 e. The highest BCUT2D eigenvalue weighted by molar-refractivity contribution is 7.99. The number of hydrogen-bond donors (Lipinski definition) is 1. The zero-order chi connectivity index (χ0) is 16.9. The second-order valence-electron chi connectivity index (χ2n) is 6.08. The number of nitrogens with zero attached hydrogens (tertiary/aromatic N) is 4. The molecule has 1 aliphatic carbocycles. The van der Waals surface area contributed by atoms with Gasteiger partial charge in [-0.05, 0) is 37.7 Å². The molecule has 2 aromatic rings. The number of aromatic nitrogens is 3.